The summed E-state index contributed by atoms with van der Waals surface area (Å²) in [6.45, 7) is 0.582. The van der Waals surface area contributed by atoms with Crippen LogP contribution >= 0.6 is 0 Å². The van der Waals surface area contributed by atoms with Crippen LogP contribution < -0.4 is 5.32 Å². The first-order valence-corrected chi connectivity index (χ1v) is 7.08. The van der Waals surface area contributed by atoms with Crippen LogP contribution in [0.15, 0.2) is 24.4 Å². The van der Waals surface area contributed by atoms with E-state index in [1.165, 1.54) is 0 Å². The van der Waals surface area contributed by atoms with E-state index in [9.17, 15) is 18.0 Å². The van der Waals surface area contributed by atoms with Gasteiger partial charge in [-0.2, -0.15) is 13.2 Å². The first-order chi connectivity index (χ1) is 11.7. The molecule has 7 nitrogen and oxygen atoms in total. The van der Waals surface area contributed by atoms with Crippen molar-refractivity contribution < 1.29 is 33.0 Å². The molecule has 1 aliphatic rings. The number of rotatable bonds is 2. The van der Waals surface area contributed by atoms with E-state index in [0.717, 1.165) is 23.4 Å². The summed E-state index contributed by atoms with van der Waals surface area (Å²) in [5.41, 5.74) is 4.10. The zero-order valence-corrected chi connectivity index (χ0v) is 12.7. The number of hydrogen-bond acceptors (Lipinski definition) is 4. The lowest BCUT2D eigenvalue weighted by molar-refractivity contribution is -0.192. The molecule has 2 aromatic rings. The van der Waals surface area contributed by atoms with Gasteiger partial charge in [-0.15, -0.1) is 0 Å². The molecule has 2 aromatic heterocycles. The molecule has 0 saturated heterocycles. The molecule has 0 unspecified atom stereocenters. The van der Waals surface area contributed by atoms with Crippen molar-refractivity contribution in [1.29, 1.82) is 0 Å². The number of carbonyl (C=O) groups is 2. The van der Waals surface area contributed by atoms with Gasteiger partial charge in [0, 0.05) is 36.1 Å². The van der Waals surface area contributed by atoms with E-state index in [4.69, 9.17) is 15.0 Å². The summed E-state index contributed by atoms with van der Waals surface area (Å²) >= 11 is 0. The number of aliphatic hydroxyl groups excluding tert-OH is 1. The van der Waals surface area contributed by atoms with E-state index < -0.39 is 12.1 Å². The summed E-state index contributed by atoms with van der Waals surface area (Å²) in [7, 11) is 0. The molecule has 0 fully saturated rings. The Balaban J connectivity index is 0.000000277. The van der Waals surface area contributed by atoms with E-state index in [1.54, 1.807) is 6.20 Å². The molecule has 0 atom stereocenters. The average molecular weight is 357 g/mol. The maximum absolute atomic E-state index is 11.7. The number of nitrogens with one attached hydrogen (secondary N) is 2. The lowest BCUT2D eigenvalue weighted by atomic mass is 10.1. The number of aliphatic carboxylic acids is 1. The van der Waals surface area contributed by atoms with E-state index >= 15 is 0 Å². The summed E-state index contributed by atoms with van der Waals surface area (Å²) in [6, 6.07) is 5.52. The fraction of sp³-hybridized carbons (Fsp3) is 0.267. The Kier molecular flexibility index (Phi) is 5.42. The van der Waals surface area contributed by atoms with Gasteiger partial charge in [0.2, 0.25) is 0 Å². The Morgan fingerprint density at radius 1 is 1.32 bits per heavy atom. The van der Waals surface area contributed by atoms with Gasteiger partial charge in [-0.1, -0.05) is 0 Å². The number of carboxylic acid groups (broad SMARTS) is 1. The van der Waals surface area contributed by atoms with Crippen LogP contribution in [0, 0.1) is 0 Å². The largest absolute Gasteiger partial charge is 0.490 e. The summed E-state index contributed by atoms with van der Waals surface area (Å²) in [6.07, 6.45) is -2.61. The predicted molar refractivity (Wildman–Crippen MR) is 79.7 cm³/mol. The highest BCUT2D eigenvalue weighted by atomic mass is 19.4. The van der Waals surface area contributed by atoms with Crippen LogP contribution in [0.4, 0.5) is 13.2 Å². The van der Waals surface area contributed by atoms with E-state index in [2.05, 4.69) is 15.3 Å². The molecule has 1 aliphatic heterocycles. The maximum atomic E-state index is 11.7. The standard InChI is InChI=1S/C13H13N3O2.C2HF3O2/c17-7-9-5-8(1-3-14-9)12-6-10-11(16-12)2-4-15-13(10)18;3-2(4,5)1(6)7/h1,3,5-6,16-17H,2,4,7H2,(H,15,18);(H,6,7). The number of carboxylic acids is 1. The molecule has 0 bridgehead atoms. The number of aliphatic hydroxyl groups is 1. The number of amides is 1. The first kappa shape index (κ1) is 18.5. The summed E-state index contributed by atoms with van der Waals surface area (Å²) in [5.74, 6) is -2.79. The van der Waals surface area contributed by atoms with Gasteiger partial charge in [0.25, 0.3) is 5.91 Å². The van der Waals surface area contributed by atoms with Crippen LogP contribution in [0.25, 0.3) is 11.3 Å². The van der Waals surface area contributed by atoms with Crippen molar-refractivity contribution >= 4 is 11.9 Å². The molecule has 4 N–H and O–H groups in total. The molecule has 0 aliphatic carbocycles. The van der Waals surface area contributed by atoms with Crippen molar-refractivity contribution in [2.24, 2.45) is 0 Å². The minimum Gasteiger partial charge on any atom is -0.475 e. The van der Waals surface area contributed by atoms with E-state index in [0.29, 0.717) is 17.8 Å². The van der Waals surface area contributed by atoms with Gasteiger partial charge < -0.3 is 20.5 Å². The molecular weight excluding hydrogens is 343 g/mol. The number of fused-ring (bicyclic) bond motifs is 1. The van der Waals surface area contributed by atoms with Gasteiger partial charge in [0.1, 0.15) is 0 Å². The fourth-order valence-corrected chi connectivity index (χ4v) is 2.18. The minimum absolute atomic E-state index is 0.0322. The third kappa shape index (κ3) is 4.57. The smallest absolute Gasteiger partial charge is 0.475 e. The number of alkyl halides is 3. The first-order valence-electron chi connectivity index (χ1n) is 7.08. The summed E-state index contributed by atoms with van der Waals surface area (Å²) in [5, 5.41) is 19.0. The summed E-state index contributed by atoms with van der Waals surface area (Å²) < 4.78 is 31.7. The van der Waals surface area contributed by atoms with E-state index in [1.807, 2.05) is 18.2 Å². The number of nitrogens with zero attached hydrogens (tertiary/aromatic N) is 1. The molecule has 10 heteroatoms. The molecule has 0 aromatic carbocycles. The highest BCUT2D eigenvalue weighted by molar-refractivity contribution is 5.97. The van der Waals surface area contributed by atoms with Crippen LogP contribution in [0.2, 0.25) is 0 Å². The van der Waals surface area contributed by atoms with Crippen molar-refractivity contribution in [2.75, 3.05) is 6.54 Å². The number of hydrogen-bond donors (Lipinski definition) is 4. The van der Waals surface area contributed by atoms with Crippen LogP contribution in [0.3, 0.4) is 0 Å². The van der Waals surface area contributed by atoms with Gasteiger partial charge >= 0.3 is 12.1 Å². The Morgan fingerprint density at radius 3 is 2.56 bits per heavy atom. The second-order valence-electron chi connectivity index (χ2n) is 5.08. The molecule has 1 amide bonds. The van der Waals surface area contributed by atoms with Crippen molar-refractivity contribution in [3.63, 3.8) is 0 Å². The van der Waals surface area contributed by atoms with Crippen molar-refractivity contribution in [2.45, 2.75) is 19.2 Å². The molecular formula is C15H14F3N3O4. The topological polar surface area (TPSA) is 115 Å². The lowest BCUT2D eigenvalue weighted by Crippen LogP contribution is -2.31. The molecule has 0 radical (unpaired) electrons. The van der Waals surface area contributed by atoms with Crippen LogP contribution in [-0.2, 0) is 17.8 Å². The number of halogens is 3. The second-order valence-corrected chi connectivity index (χ2v) is 5.08. The van der Waals surface area contributed by atoms with Crippen LogP contribution in [0.1, 0.15) is 21.7 Å². The minimum atomic E-state index is -5.08. The molecule has 134 valence electrons. The quantitative estimate of drug-likeness (QED) is 0.650. The number of H-pyrrole nitrogens is 1. The third-order valence-corrected chi connectivity index (χ3v) is 3.34. The van der Waals surface area contributed by atoms with Gasteiger partial charge in [0.05, 0.1) is 17.9 Å². The second kappa shape index (κ2) is 7.34. The van der Waals surface area contributed by atoms with Gasteiger partial charge in [-0.3, -0.25) is 9.78 Å². The summed E-state index contributed by atoms with van der Waals surface area (Å²) in [4.78, 5) is 27.9. The monoisotopic (exact) mass is 357 g/mol. The highest BCUT2D eigenvalue weighted by Crippen LogP contribution is 2.24. The number of carbonyl (C=O) groups excluding carboxylic acids is 1. The number of aromatic nitrogens is 2. The van der Waals surface area contributed by atoms with Crippen LogP contribution in [-0.4, -0.2) is 44.8 Å². The number of pyridine rings is 1. The normalized spacial score (nSPS) is 13.4. The Labute approximate surface area is 139 Å². The third-order valence-electron chi connectivity index (χ3n) is 3.34. The predicted octanol–water partition coefficient (Wildman–Crippen LogP) is 1.49. The van der Waals surface area contributed by atoms with Crippen molar-refractivity contribution in [3.8, 4) is 11.3 Å². The van der Waals surface area contributed by atoms with Gasteiger partial charge in [-0.25, -0.2) is 4.79 Å². The van der Waals surface area contributed by atoms with Crippen molar-refractivity contribution in [1.82, 2.24) is 15.3 Å². The van der Waals surface area contributed by atoms with Crippen LogP contribution in [0.5, 0.6) is 0 Å². The zero-order valence-electron chi connectivity index (χ0n) is 12.7. The highest BCUT2D eigenvalue weighted by Gasteiger charge is 2.38. The SMILES string of the molecule is O=C(O)C(F)(F)F.O=C1NCCc2[nH]c(-c3ccnc(CO)c3)cc21. The van der Waals surface area contributed by atoms with Gasteiger partial charge in [0.15, 0.2) is 0 Å². The molecule has 0 saturated carbocycles. The lowest BCUT2D eigenvalue weighted by Gasteiger charge is -2.10. The molecule has 25 heavy (non-hydrogen) atoms. The fourth-order valence-electron chi connectivity index (χ4n) is 2.18. The zero-order chi connectivity index (χ0) is 18.6. The molecule has 0 spiro atoms. The van der Waals surface area contributed by atoms with E-state index in [-0.39, 0.29) is 12.5 Å². The van der Waals surface area contributed by atoms with Crippen molar-refractivity contribution in [3.05, 3.63) is 41.3 Å². The van der Waals surface area contributed by atoms with Gasteiger partial charge in [-0.05, 0) is 18.2 Å². The number of aromatic amines is 1. The Bertz CT molecular complexity index is 787. The Hall–Kier alpha value is -2.88. The Morgan fingerprint density at radius 2 is 2.00 bits per heavy atom. The average Bonchev–Trinajstić information content (AvgIpc) is 3.00. The molecule has 3 rings (SSSR count). The molecule has 3 heterocycles. The maximum Gasteiger partial charge on any atom is 0.490 e.